The van der Waals surface area contributed by atoms with Gasteiger partial charge < -0.3 is 30.3 Å². The van der Waals surface area contributed by atoms with E-state index >= 15 is 4.39 Å². The number of amides is 1. The molecule has 3 saturated heterocycles. The van der Waals surface area contributed by atoms with Crippen LogP contribution in [-0.4, -0.2) is 90.4 Å². The summed E-state index contributed by atoms with van der Waals surface area (Å²) in [6, 6.07) is 1.44. The maximum Gasteiger partial charge on any atom is 0.416 e. The number of fused-ring (bicyclic) bond motifs is 2. The number of nitrogens with zero attached hydrogens (tertiary/aromatic N) is 5. The Labute approximate surface area is 294 Å². The highest BCUT2D eigenvalue weighted by Gasteiger charge is 2.48. The number of nitrogens with one attached hydrogen (secondary N) is 1. The molecule has 0 spiro atoms. The van der Waals surface area contributed by atoms with Crippen LogP contribution < -0.4 is 20.7 Å². The molecule has 1 aromatic carbocycles. The van der Waals surface area contributed by atoms with E-state index in [1.54, 1.807) is 0 Å². The highest BCUT2D eigenvalue weighted by atomic mass is 35.5. The summed E-state index contributed by atoms with van der Waals surface area (Å²) in [6.07, 6.45) is -6.17. The molecule has 0 radical (unpaired) electrons. The highest BCUT2D eigenvalue weighted by molar-refractivity contribution is 6.58. The van der Waals surface area contributed by atoms with E-state index in [-0.39, 0.29) is 61.5 Å². The quantitative estimate of drug-likeness (QED) is 0.219. The minimum absolute atomic E-state index is 0.0153. The van der Waals surface area contributed by atoms with E-state index in [0.717, 1.165) is 12.5 Å². The summed E-state index contributed by atoms with van der Waals surface area (Å²) in [5.41, 5.74) is 3.41. The second-order valence-electron chi connectivity index (χ2n) is 13.4. The SMILES string of the molecule is CN(C)C(=O)C(=N)/C(Cl)=C1/CN(c2nc(OC[C@@]34CCCN3CC(=C(F)F)C4)nc3c2CO[C@@H](c2c(C(F)(F)F)ccc(N)c2F)C3)CCC[NH2+]1. The molecule has 0 aliphatic carbocycles. The van der Waals surface area contributed by atoms with Gasteiger partial charge in [0, 0.05) is 56.7 Å². The van der Waals surface area contributed by atoms with Crippen LogP contribution in [0.2, 0.25) is 0 Å². The normalized spacial score (nSPS) is 23.4. The lowest BCUT2D eigenvalue weighted by Crippen LogP contribution is -2.83. The van der Waals surface area contributed by atoms with Gasteiger partial charge in [-0.2, -0.15) is 31.9 Å². The first-order valence-corrected chi connectivity index (χ1v) is 16.8. The molecule has 0 saturated carbocycles. The van der Waals surface area contributed by atoms with Gasteiger partial charge in [-0.1, -0.05) is 11.6 Å². The summed E-state index contributed by atoms with van der Waals surface area (Å²) in [7, 11) is 3.01. The Morgan fingerprint density at radius 2 is 1.98 bits per heavy atom. The molecule has 11 nitrogen and oxygen atoms in total. The maximum absolute atomic E-state index is 15.3. The van der Waals surface area contributed by atoms with Gasteiger partial charge in [0.15, 0.2) is 5.82 Å². The van der Waals surface area contributed by atoms with E-state index in [2.05, 4.69) is 4.98 Å². The number of hydrogen-bond acceptors (Lipinski definition) is 9. The summed E-state index contributed by atoms with van der Waals surface area (Å²) in [5, 5.41) is 10.2. The van der Waals surface area contributed by atoms with Gasteiger partial charge in [0.25, 0.3) is 12.0 Å². The smallest absolute Gasteiger partial charge is 0.416 e. The van der Waals surface area contributed by atoms with Crippen LogP contribution in [0.1, 0.15) is 54.2 Å². The first-order chi connectivity index (χ1) is 24.1. The second kappa shape index (κ2) is 14.2. The van der Waals surface area contributed by atoms with Crippen LogP contribution in [-0.2, 0) is 28.7 Å². The third-order valence-corrected chi connectivity index (χ3v) is 10.3. The number of quaternary nitrogens is 1. The van der Waals surface area contributed by atoms with E-state index in [0.29, 0.717) is 55.6 Å². The van der Waals surface area contributed by atoms with Gasteiger partial charge in [-0.15, -0.1) is 0 Å². The Morgan fingerprint density at radius 3 is 2.69 bits per heavy atom. The zero-order chi connectivity index (χ0) is 36.8. The summed E-state index contributed by atoms with van der Waals surface area (Å²) < 4.78 is 96.9. The Bertz CT molecular complexity index is 1800. The van der Waals surface area contributed by atoms with Crippen molar-refractivity contribution in [2.75, 3.05) is 64.1 Å². The van der Waals surface area contributed by atoms with Crippen molar-refractivity contribution in [1.82, 2.24) is 19.8 Å². The van der Waals surface area contributed by atoms with Crippen LogP contribution in [0.25, 0.3) is 0 Å². The van der Waals surface area contributed by atoms with Crippen molar-refractivity contribution < 1.29 is 45.9 Å². The number of aromatic nitrogens is 2. The minimum atomic E-state index is -4.90. The predicted molar refractivity (Wildman–Crippen MR) is 175 cm³/mol. The fraction of sp³-hybridized carbons (Fsp3) is 0.515. The monoisotopic (exact) mass is 743 g/mol. The fourth-order valence-electron chi connectivity index (χ4n) is 7.30. The number of hydrogen-bond donors (Lipinski definition) is 3. The lowest BCUT2D eigenvalue weighted by molar-refractivity contribution is -0.605. The van der Waals surface area contributed by atoms with Gasteiger partial charge in [0.05, 0.1) is 48.3 Å². The fourth-order valence-corrected chi connectivity index (χ4v) is 7.52. The van der Waals surface area contributed by atoms with E-state index < -0.39 is 58.2 Å². The first-order valence-electron chi connectivity index (χ1n) is 16.4. The number of nitrogens with two attached hydrogens (primary N) is 2. The number of carbonyl (C=O) groups excluding carboxylic acids is 1. The van der Waals surface area contributed by atoms with E-state index in [4.69, 9.17) is 37.2 Å². The molecular formula is C33H38ClF6N8O3+. The van der Waals surface area contributed by atoms with Crippen molar-refractivity contribution >= 4 is 34.7 Å². The molecule has 5 heterocycles. The highest BCUT2D eigenvalue weighted by Crippen LogP contribution is 2.45. The van der Waals surface area contributed by atoms with Gasteiger partial charge in [0.1, 0.15) is 28.9 Å². The lowest BCUT2D eigenvalue weighted by Gasteiger charge is -2.33. The van der Waals surface area contributed by atoms with Crippen molar-refractivity contribution in [3.8, 4) is 6.01 Å². The largest absolute Gasteiger partial charge is 0.461 e. The molecule has 3 fully saturated rings. The molecule has 1 aromatic heterocycles. The standard InChI is InChI=1S/C33H37ClF6N8O3/c1-46(2)30(49)27(42)25(34)22-14-47(9-4-8-43-22)29-18-15-50-23(24-19(33(38,39)40)5-6-20(41)26(24)35)11-21(18)44-31(45-29)51-16-32-7-3-10-48(32)13-17(12-32)28(36)37/h5-6,23,42-43H,3-4,7-16,41H2,1-2H3/p+1/b25-22+,42-27?/t23-,32+/m1/s1. The Balaban J connectivity index is 1.39. The van der Waals surface area contributed by atoms with Gasteiger partial charge >= 0.3 is 12.2 Å². The molecule has 2 atom stereocenters. The van der Waals surface area contributed by atoms with Crippen molar-refractivity contribution in [3.63, 3.8) is 0 Å². The molecule has 4 aliphatic rings. The zero-order valence-electron chi connectivity index (χ0n) is 28.0. The van der Waals surface area contributed by atoms with Crippen molar-refractivity contribution in [2.45, 2.75) is 56.5 Å². The summed E-state index contributed by atoms with van der Waals surface area (Å²) in [6.45, 7) is 1.54. The van der Waals surface area contributed by atoms with Gasteiger partial charge in [0.2, 0.25) is 0 Å². The molecule has 5 N–H and O–H groups in total. The van der Waals surface area contributed by atoms with Crippen molar-refractivity contribution in [2.24, 2.45) is 0 Å². The molecule has 1 amide bonds. The Hall–Kier alpha value is -3.93. The number of rotatable bonds is 7. The molecule has 18 heteroatoms. The number of nitrogen functional groups attached to an aromatic ring is 1. The van der Waals surface area contributed by atoms with Gasteiger partial charge in [-0.25, -0.2) is 4.39 Å². The Kier molecular flexibility index (Phi) is 10.3. The number of benzene rings is 1. The van der Waals surface area contributed by atoms with Crippen LogP contribution in [0.15, 0.2) is 34.5 Å². The third kappa shape index (κ3) is 7.25. The molecule has 0 bridgehead atoms. The van der Waals surface area contributed by atoms with Crippen LogP contribution in [0.4, 0.5) is 37.8 Å². The number of carbonyl (C=O) groups is 1. The topological polar surface area (TPSA) is 138 Å². The van der Waals surface area contributed by atoms with Crippen LogP contribution in [0.5, 0.6) is 6.01 Å². The van der Waals surface area contributed by atoms with E-state index in [1.165, 1.54) is 19.0 Å². The Morgan fingerprint density at radius 1 is 1.22 bits per heavy atom. The number of ether oxygens (including phenoxy) is 2. The van der Waals surface area contributed by atoms with Crippen molar-refractivity contribution in [1.29, 1.82) is 5.41 Å². The summed E-state index contributed by atoms with van der Waals surface area (Å²) >= 11 is 6.59. The number of alkyl halides is 3. The van der Waals surface area contributed by atoms with Crippen LogP contribution in [0, 0.1) is 11.2 Å². The molecule has 276 valence electrons. The second-order valence-corrected chi connectivity index (χ2v) is 13.8. The van der Waals surface area contributed by atoms with Crippen molar-refractivity contribution in [3.05, 3.63) is 62.7 Å². The molecule has 6 rings (SSSR count). The molecular weight excluding hydrogens is 706 g/mol. The van der Waals surface area contributed by atoms with Crippen LogP contribution in [0.3, 0.4) is 0 Å². The first kappa shape index (κ1) is 36.8. The zero-order valence-corrected chi connectivity index (χ0v) is 28.7. The number of anilines is 2. The van der Waals surface area contributed by atoms with Gasteiger partial charge in [-0.05, 0) is 37.9 Å². The molecule has 0 unspecified atom stereocenters. The van der Waals surface area contributed by atoms with Crippen LogP contribution >= 0.6 is 11.6 Å². The van der Waals surface area contributed by atoms with E-state index in [1.807, 2.05) is 15.1 Å². The number of halogens is 7. The minimum Gasteiger partial charge on any atom is -0.461 e. The summed E-state index contributed by atoms with van der Waals surface area (Å²) in [5.74, 6) is -1.50. The lowest BCUT2D eigenvalue weighted by atomic mass is 9.93. The summed E-state index contributed by atoms with van der Waals surface area (Å²) in [4.78, 5) is 26.9. The maximum atomic E-state index is 15.3. The van der Waals surface area contributed by atoms with Gasteiger partial charge in [-0.3, -0.25) is 15.1 Å². The average Bonchev–Trinajstić information content (AvgIpc) is 3.54. The molecule has 4 aliphatic heterocycles. The molecule has 51 heavy (non-hydrogen) atoms. The average molecular weight is 744 g/mol. The molecule has 2 aromatic rings. The third-order valence-electron chi connectivity index (χ3n) is 9.90. The van der Waals surface area contributed by atoms with E-state index in [9.17, 15) is 26.7 Å². The predicted octanol–water partition coefficient (Wildman–Crippen LogP) is 4.13.